The van der Waals surface area contributed by atoms with Gasteiger partial charge >= 0.3 is 0 Å². The van der Waals surface area contributed by atoms with Crippen molar-refractivity contribution in [2.75, 3.05) is 11.1 Å². The molecule has 7 heteroatoms. The van der Waals surface area contributed by atoms with Crippen LogP contribution in [0.3, 0.4) is 0 Å². The van der Waals surface area contributed by atoms with Gasteiger partial charge in [0.15, 0.2) is 5.82 Å². The zero-order valence-electron chi connectivity index (χ0n) is 8.68. The van der Waals surface area contributed by atoms with Crippen molar-refractivity contribution in [3.63, 3.8) is 0 Å². The molecule has 2 rings (SSSR count). The summed E-state index contributed by atoms with van der Waals surface area (Å²) in [7, 11) is 1.86. The number of aromatic nitrogens is 4. The maximum Gasteiger partial charge on any atom is 0.222 e. The van der Waals surface area contributed by atoms with Gasteiger partial charge in [0.05, 0.1) is 18.4 Å². The first-order valence-corrected chi connectivity index (χ1v) is 5.03. The van der Waals surface area contributed by atoms with Crippen LogP contribution in [-0.2, 0) is 13.6 Å². The molecule has 84 valence electrons. The first-order valence-electron chi connectivity index (χ1n) is 4.65. The molecule has 2 aromatic heterocycles. The lowest BCUT2D eigenvalue weighted by molar-refractivity contribution is 0.747. The molecule has 0 saturated heterocycles. The third kappa shape index (κ3) is 2.40. The molecule has 0 radical (unpaired) electrons. The summed E-state index contributed by atoms with van der Waals surface area (Å²) in [6.45, 7) is 0.539. The van der Waals surface area contributed by atoms with E-state index in [-0.39, 0.29) is 5.95 Å². The summed E-state index contributed by atoms with van der Waals surface area (Å²) in [5, 5.41) is 7.69. The van der Waals surface area contributed by atoms with E-state index in [4.69, 9.17) is 17.3 Å². The predicted molar refractivity (Wildman–Crippen MR) is 62.0 cm³/mol. The Morgan fingerprint density at radius 2 is 2.38 bits per heavy atom. The highest BCUT2D eigenvalue weighted by Crippen LogP contribution is 2.18. The van der Waals surface area contributed by atoms with Crippen LogP contribution in [0.15, 0.2) is 18.5 Å². The maximum atomic E-state index is 5.90. The molecular weight excluding hydrogens is 228 g/mol. The van der Waals surface area contributed by atoms with Gasteiger partial charge < -0.3 is 11.1 Å². The molecule has 0 fully saturated rings. The molecule has 0 amide bonds. The molecule has 0 saturated carbocycles. The van der Waals surface area contributed by atoms with E-state index in [1.165, 1.54) is 6.20 Å². The Bertz CT molecular complexity index is 494. The van der Waals surface area contributed by atoms with E-state index < -0.39 is 0 Å². The average Bonchev–Trinajstić information content (AvgIpc) is 2.66. The second-order valence-electron chi connectivity index (χ2n) is 3.26. The summed E-state index contributed by atoms with van der Waals surface area (Å²) in [5.41, 5.74) is 6.36. The summed E-state index contributed by atoms with van der Waals surface area (Å²) >= 11 is 5.90. The minimum absolute atomic E-state index is 0.188. The summed E-state index contributed by atoms with van der Waals surface area (Å²) in [4.78, 5) is 7.76. The fourth-order valence-corrected chi connectivity index (χ4v) is 1.39. The Labute approximate surface area is 97.5 Å². The molecule has 0 bridgehead atoms. The first-order chi connectivity index (χ1) is 7.65. The Hall–Kier alpha value is -1.82. The average molecular weight is 239 g/mol. The molecule has 6 nitrogen and oxygen atoms in total. The zero-order chi connectivity index (χ0) is 11.5. The Morgan fingerprint density at radius 3 is 3.06 bits per heavy atom. The van der Waals surface area contributed by atoms with Gasteiger partial charge in [0.1, 0.15) is 5.02 Å². The van der Waals surface area contributed by atoms with E-state index in [1.54, 1.807) is 4.68 Å². The molecule has 3 N–H and O–H groups in total. The summed E-state index contributed by atoms with van der Waals surface area (Å²) in [5.74, 6) is 0.702. The largest absolute Gasteiger partial charge is 0.368 e. The highest BCUT2D eigenvalue weighted by molar-refractivity contribution is 6.32. The lowest BCUT2D eigenvalue weighted by Crippen LogP contribution is -2.05. The predicted octanol–water partition coefficient (Wildman–Crippen LogP) is 1.06. The number of halogens is 1. The van der Waals surface area contributed by atoms with Crippen molar-refractivity contribution >= 4 is 23.4 Å². The lowest BCUT2D eigenvalue weighted by Gasteiger charge is -2.05. The quantitative estimate of drug-likeness (QED) is 0.836. The molecular formula is C9H11ClN6. The minimum Gasteiger partial charge on any atom is -0.368 e. The van der Waals surface area contributed by atoms with Gasteiger partial charge in [-0.25, -0.2) is 4.98 Å². The molecule has 0 atom stereocenters. The maximum absolute atomic E-state index is 5.90. The molecule has 0 unspecified atom stereocenters. The Kier molecular flexibility index (Phi) is 2.91. The molecule has 0 aliphatic heterocycles. The van der Waals surface area contributed by atoms with Gasteiger partial charge in [0, 0.05) is 13.2 Å². The van der Waals surface area contributed by atoms with Crippen molar-refractivity contribution in [2.45, 2.75) is 6.54 Å². The molecule has 0 aliphatic carbocycles. The number of nitrogens with two attached hydrogens (primary N) is 1. The van der Waals surface area contributed by atoms with Crippen molar-refractivity contribution in [1.82, 2.24) is 19.7 Å². The number of anilines is 2. The summed E-state index contributed by atoms with van der Waals surface area (Å²) in [6.07, 6.45) is 3.33. The molecule has 0 aliphatic rings. The number of aryl methyl sites for hydroxylation is 1. The van der Waals surface area contributed by atoms with Crippen LogP contribution >= 0.6 is 11.6 Å². The fourth-order valence-electron chi connectivity index (χ4n) is 1.24. The monoisotopic (exact) mass is 238 g/mol. The van der Waals surface area contributed by atoms with Crippen LogP contribution < -0.4 is 11.1 Å². The topological polar surface area (TPSA) is 81.7 Å². The van der Waals surface area contributed by atoms with Gasteiger partial charge in [-0.2, -0.15) is 10.1 Å². The second kappa shape index (κ2) is 4.36. The Balaban J connectivity index is 2.07. The number of hydrogen-bond donors (Lipinski definition) is 2. The van der Waals surface area contributed by atoms with Crippen LogP contribution in [0.5, 0.6) is 0 Å². The van der Waals surface area contributed by atoms with Gasteiger partial charge in [0.25, 0.3) is 0 Å². The third-order valence-corrected chi connectivity index (χ3v) is 2.25. The highest BCUT2D eigenvalue weighted by Gasteiger charge is 2.04. The van der Waals surface area contributed by atoms with Crippen molar-refractivity contribution in [3.8, 4) is 0 Å². The second-order valence-corrected chi connectivity index (χ2v) is 3.67. The zero-order valence-corrected chi connectivity index (χ0v) is 9.44. The van der Waals surface area contributed by atoms with Crippen molar-refractivity contribution < 1.29 is 0 Å². The van der Waals surface area contributed by atoms with Gasteiger partial charge in [-0.3, -0.25) is 4.68 Å². The van der Waals surface area contributed by atoms with Crippen LogP contribution in [0.4, 0.5) is 11.8 Å². The first kappa shape index (κ1) is 10.7. The van der Waals surface area contributed by atoms with Crippen molar-refractivity contribution in [2.24, 2.45) is 7.05 Å². The number of nitrogens with one attached hydrogen (secondary N) is 1. The van der Waals surface area contributed by atoms with Crippen molar-refractivity contribution in [1.29, 1.82) is 0 Å². The van der Waals surface area contributed by atoms with E-state index in [2.05, 4.69) is 20.4 Å². The normalized spacial score (nSPS) is 10.4. The van der Waals surface area contributed by atoms with E-state index in [0.717, 1.165) is 5.69 Å². The summed E-state index contributed by atoms with van der Waals surface area (Å²) in [6, 6.07) is 1.91. The number of nitrogen functional groups attached to an aromatic ring is 1. The summed E-state index contributed by atoms with van der Waals surface area (Å²) < 4.78 is 1.73. The molecule has 0 aromatic carbocycles. The van der Waals surface area contributed by atoms with E-state index in [1.807, 2.05) is 19.3 Å². The molecule has 2 aromatic rings. The fraction of sp³-hybridized carbons (Fsp3) is 0.222. The Morgan fingerprint density at radius 1 is 1.56 bits per heavy atom. The SMILES string of the molecule is Cn1ccc(CNc2nc(N)ncc2Cl)n1. The van der Waals surface area contributed by atoms with Crippen LogP contribution in [0.2, 0.25) is 5.02 Å². The van der Waals surface area contributed by atoms with Crippen LogP contribution in [-0.4, -0.2) is 19.7 Å². The molecule has 2 heterocycles. The van der Waals surface area contributed by atoms with Gasteiger partial charge in [-0.15, -0.1) is 0 Å². The van der Waals surface area contributed by atoms with E-state index in [9.17, 15) is 0 Å². The minimum atomic E-state index is 0.188. The van der Waals surface area contributed by atoms with Gasteiger partial charge in [0.2, 0.25) is 5.95 Å². The van der Waals surface area contributed by atoms with E-state index >= 15 is 0 Å². The van der Waals surface area contributed by atoms with Gasteiger partial charge in [-0.1, -0.05) is 11.6 Å². The van der Waals surface area contributed by atoms with Gasteiger partial charge in [-0.05, 0) is 6.07 Å². The number of rotatable bonds is 3. The molecule has 0 spiro atoms. The molecule has 16 heavy (non-hydrogen) atoms. The van der Waals surface area contributed by atoms with Crippen LogP contribution in [0.25, 0.3) is 0 Å². The lowest BCUT2D eigenvalue weighted by atomic mass is 10.4. The van der Waals surface area contributed by atoms with Crippen LogP contribution in [0, 0.1) is 0 Å². The van der Waals surface area contributed by atoms with Crippen LogP contribution in [0.1, 0.15) is 5.69 Å². The smallest absolute Gasteiger partial charge is 0.222 e. The highest BCUT2D eigenvalue weighted by atomic mass is 35.5. The number of hydrogen-bond acceptors (Lipinski definition) is 5. The van der Waals surface area contributed by atoms with E-state index in [0.29, 0.717) is 17.4 Å². The van der Waals surface area contributed by atoms with Crippen molar-refractivity contribution in [3.05, 3.63) is 29.2 Å². The number of nitrogens with zero attached hydrogens (tertiary/aromatic N) is 4. The standard InChI is InChI=1S/C9H11ClN6/c1-16-3-2-6(15-16)4-12-8-7(10)5-13-9(11)14-8/h2-3,5H,4H2,1H3,(H3,11,12,13,14). The third-order valence-electron chi connectivity index (χ3n) is 1.97.